The number of unbranched alkanes of at least 4 members (excludes halogenated alkanes) is 36. The lowest BCUT2D eigenvalue weighted by atomic mass is 10.0. The second-order valence-corrected chi connectivity index (χ2v) is 23.2. The van der Waals surface area contributed by atoms with E-state index in [1.54, 1.807) is 0 Å². The number of likely N-dealkylation sites (N-methyl/N-ethyl adjacent to an activating group) is 1. The second-order valence-electron chi connectivity index (χ2n) is 21.7. The van der Waals surface area contributed by atoms with Crippen LogP contribution < -0.4 is 0 Å². The summed E-state index contributed by atoms with van der Waals surface area (Å²) in [5.74, 6) is -0.806. The normalized spacial score (nSPS) is 13.5. The minimum absolute atomic E-state index is 0.0290. The molecule has 0 amide bonds. The van der Waals surface area contributed by atoms with Crippen molar-refractivity contribution in [2.24, 2.45) is 0 Å². The number of hydrogen-bond acceptors (Lipinski definition) is 7. The first kappa shape index (κ1) is 69.2. The van der Waals surface area contributed by atoms with Gasteiger partial charge in [0.25, 0.3) is 0 Å². The Hall–Kier alpha value is -1.77. The van der Waals surface area contributed by atoms with Crippen LogP contribution in [0.5, 0.6) is 0 Å². The van der Waals surface area contributed by atoms with Crippen LogP contribution in [0, 0.1) is 0 Å². The Bertz CT molecular complexity index is 1300. The van der Waals surface area contributed by atoms with E-state index in [-0.39, 0.29) is 32.0 Å². The molecule has 9 nitrogen and oxygen atoms in total. The van der Waals surface area contributed by atoms with Gasteiger partial charge < -0.3 is 18.9 Å². The molecule has 2 unspecified atom stereocenters. The fourth-order valence-corrected chi connectivity index (χ4v) is 9.54. The Kier molecular flexibility index (Phi) is 51.7. The van der Waals surface area contributed by atoms with Crippen LogP contribution in [-0.2, 0) is 32.7 Å². The first-order chi connectivity index (χ1) is 34.5. The van der Waals surface area contributed by atoms with Gasteiger partial charge in [0, 0.05) is 12.8 Å². The molecule has 0 aliphatic carbocycles. The van der Waals surface area contributed by atoms with Crippen LogP contribution >= 0.6 is 7.82 Å². The number of carbonyl (C=O) groups excluding carboxylic acids is 2. The molecule has 0 aromatic carbocycles. The van der Waals surface area contributed by atoms with Crippen LogP contribution in [0.1, 0.15) is 290 Å². The quantitative estimate of drug-likeness (QED) is 0.0211. The van der Waals surface area contributed by atoms with Crippen molar-refractivity contribution in [1.29, 1.82) is 0 Å². The first-order valence-electron chi connectivity index (χ1n) is 30.2. The predicted octanol–water partition coefficient (Wildman–Crippen LogP) is 18.8. The van der Waals surface area contributed by atoms with Crippen molar-refractivity contribution in [2.45, 2.75) is 296 Å². The Morgan fingerprint density at radius 2 is 0.803 bits per heavy atom. The maximum atomic E-state index is 12.8. The van der Waals surface area contributed by atoms with Crippen molar-refractivity contribution in [3.05, 3.63) is 36.5 Å². The van der Waals surface area contributed by atoms with Crippen LogP contribution in [0.3, 0.4) is 0 Å². The zero-order valence-corrected chi connectivity index (χ0v) is 48.4. The number of quaternary nitrogens is 1. The highest BCUT2D eigenvalue weighted by atomic mass is 31.2. The summed E-state index contributed by atoms with van der Waals surface area (Å²) in [5, 5.41) is 0. The molecule has 2 atom stereocenters. The van der Waals surface area contributed by atoms with Gasteiger partial charge in [-0.25, -0.2) is 4.57 Å². The van der Waals surface area contributed by atoms with Gasteiger partial charge in [-0.15, -0.1) is 0 Å². The van der Waals surface area contributed by atoms with E-state index in [0.29, 0.717) is 17.4 Å². The molecule has 0 rings (SSSR count). The summed E-state index contributed by atoms with van der Waals surface area (Å²) in [7, 11) is 1.47. The van der Waals surface area contributed by atoms with Gasteiger partial charge in [0.2, 0.25) is 0 Å². The summed E-state index contributed by atoms with van der Waals surface area (Å²) < 4.78 is 34.5. The minimum atomic E-state index is -4.39. The minimum Gasteiger partial charge on any atom is -0.462 e. The van der Waals surface area contributed by atoms with Crippen molar-refractivity contribution in [3.8, 4) is 0 Å². The van der Waals surface area contributed by atoms with E-state index < -0.39 is 26.5 Å². The molecule has 0 saturated carbocycles. The summed E-state index contributed by atoms with van der Waals surface area (Å²) >= 11 is 0. The maximum absolute atomic E-state index is 12.8. The van der Waals surface area contributed by atoms with Crippen molar-refractivity contribution < 1.29 is 42.1 Å². The van der Waals surface area contributed by atoms with Gasteiger partial charge >= 0.3 is 19.8 Å². The Morgan fingerprint density at radius 3 is 1.20 bits per heavy atom. The largest absolute Gasteiger partial charge is 0.472 e. The number of ether oxygens (including phenoxy) is 2. The highest BCUT2D eigenvalue weighted by Crippen LogP contribution is 2.43. The second kappa shape index (κ2) is 53.1. The van der Waals surface area contributed by atoms with Crippen molar-refractivity contribution in [2.75, 3.05) is 47.5 Å². The van der Waals surface area contributed by atoms with E-state index in [2.05, 4.69) is 50.3 Å². The number of phosphoric acid groups is 1. The predicted molar refractivity (Wildman–Crippen MR) is 303 cm³/mol. The molecule has 0 fully saturated rings. The van der Waals surface area contributed by atoms with Gasteiger partial charge in [-0.05, 0) is 44.9 Å². The van der Waals surface area contributed by atoms with Gasteiger partial charge in [0.1, 0.15) is 19.8 Å². The van der Waals surface area contributed by atoms with E-state index >= 15 is 0 Å². The standard InChI is InChI=1S/C61H116NO8P/c1-6-8-10-12-14-16-18-20-22-23-24-25-26-27-28-29-30-31-32-33-34-35-36-37-38-40-41-43-45-47-49-51-53-60(63)67-57-59(58-69-71(65,66)68-56-55-62(3,4)5)70-61(64)54-52-50-48-46-44-42-39-21-19-17-15-13-11-9-7-2/h9,11,15,17,21,39,59H,6-8,10,12-14,16,18-20,22-38,40-58H2,1-5H3/p+1/b11-9-,17-15-,39-21-. The molecular formula is C61H117NO8P+. The molecule has 10 heteroatoms. The maximum Gasteiger partial charge on any atom is 0.472 e. The molecule has 0 radical (unpaired) electrons. The highest BCUT2D eigenvalue weighted by molar-refractivity contribution is 7.47. The first-order valence-corrected chi connectivity index (χ1v) is 31.7. The van der Waals surface area contributed by atoms with Gasteiger partial charge in [-0.3, -0.25) is 18.6 Å². The third kappa shape index (κ3) is 57.4. The van der Waals surface area contributed by atoms with Crippen LogP contribution in [0.4, 0.5) is 0 Å². The highest BCUT2D eigenvalue weighted by Gasteiger charge is 2.27. The fraction of sp³-hybridized carbons (Fsp3) is 0.869. The van der Waals surface area contributed by atoms with Crippen molar-refractivity contribution >= 4 is 19.8 Å². The van der Waals surface area contributed by atoms with Crippen LogP contribution in [0.2, 0.25) is 0 Å². The third-order valence-corrected chi connectivity index (χ3v) is 14.4. The van der Waals surface area contributed by atoms with Gasteiger partial charge in [0.05, 0.1) is 27.7 Å². The summed E-state index contributed by atoms with van der Waals surface area (Å²) in [6.45, 7) is 4.34. The molecular weight excluding hydrogens is 906 g/mol. The molecule has 1 N–H and O–H groups in total. The summed E-state index contributed by atoms with van der Waals surface area (Å²) in [6.07, 6.45) is 65.3. The molecule has 0 saturated heterocycles. The lowest BCUT2D eigenvalue weighted by Gasteiger charge is -2.24. The van der Waals surface area contributed by atoms with E-state index in [9.17, 15) is 19.0 Å². The number of phosphoric ester groups is 1. The summed E-state index contributed by atoms with van der Waals surface area (Å²) in [6, 6.07) is 0. The van der Waals surface area contributed by atoms with Crippen LogP contribution in [-0.4, -0.2) is 74.9 Å². The average Bonchev–Trinajstić information content (AvgIpc) is 3.33. The van der Waals surface area contributed by atoms with E-state index in [0.717, 1.165) is 70.6 Å². The van der Waals surface area contributed by atoms with Gasteiger partial charge in [0.15, 0.2) is 6.10 Å². The fourth-order valence-electron chi connectivity index (χ4n) is 8.80. The smallest absolute Gasteiger partial charge is 0.462 e. The molecule has 71 heavy (non-hydrogen) atoms. The van der Waals surface area contributed by atoms with Crippen LogP contribution in [0.25, 0.3) is 0 Å². The van der Waals surface area contributed by atoms with Crippen LogP contribution in [0.15, 0.2) is 36.5 Å². The number of nitrogens with zero attached hydrogens (tertiary/aromatic N) is 1. The molecule has 0 spiro atoms. The van der Waals surface area contributed by atoms with Gasteiger partial charge in [-0.2, -0.15) is 0 Å². The number of allylic oxidation sites excluding steroid dienone is 6. The number of hydrogen-bond donors (Lipinski definition) is 1. The SMILES string of the molecule is CC/C=C\C/C=C\C/C=C\CCCCCCCC(=O)OC(COC(=O)CCCCCCCCCCCCCCCCCCCCCCCCCCCCCCCCCC)COP(=O)(O)OCC[N+](C)(C)C. The molecule has 0 aliphatic rings. The Morgan fingerprint density at radius 1 is 0.451 bits per heavy atom. The zero-order valence-electron chi connectivity index (χ0n) is 47.5. The molecule has 0 aromatic heterocycles. The third-order valence-electron chi connectivity index (χ3n) is 13.4. The Balaban J connectivity index is 3.97. The lowest BCUT2D eigenvalue weighted by Crippen LogP contribution is -2.37. The Labute approximate surface area is 440 Å². The van der Waals surface area contributed by atoms with E-state index in [4.69, 9.17) is 18.5 Å². The summed E-state index contributed by atoms with van der Waals surface area (Å²) in [4.78, 5) is 35.6. The molecule has 0 aliphatic heterocycles. The van der Waals surface area contributed by atoms with Crippen molar-refractivity contribution in [1.82, 2.24) is 0 Å². The molecule has 418 valence electrons. The van der Waals surface area contributed by atoms with E-state index in [1.807, 2.05) is 21.1 Å². The zero-order chi connectivity index (χ0) is 52.0. The summed E-state index contributed by atoms with van der Waals surface area (Å²) in [5.41, 5.74) is 0. The molecule has 0 bridgehead atoms. The number of esters is 2. The number of rotatable bonds is 56. The lowest BCUT2D eigenvalue weighted by molar-refractivity contribution is -0.870. The molecule has 0 heterocycles. The monoisotopic (exact) mass is 1020 g/mol. The number of carbonyl (C=O) groups is 2. The topological polar surface area (TPSA) is 108 Å². The molecule has 0 aromatic rings. The van der Waals surface area contributed by atoms with Gasteiger partial charge in [-0.1, -0.05) is 269 Å². The van der Waals surface area contributed by atoms with Crippen molar-refractivity contribution in [3.63, 3.8) is 0 Å². The van der Waals surface area contributed by atoms with E-state index in [1.165, 1.54) is 186 Å². The average molecular weight is 1020 g/mol.